The molecule has 0 fully saturated rings. The van der Waals surface area contributed by atoms with Crippen molar-refractivity contribution < 1.29 is 18.7 Å². The van der Waals surface area contributed by atoms with Crippen molar-refractivity contribution in [3.8, 4) is 11.4 Å². The Morgan fingerprint density at radius 3 is 2.72 bits per heavy atom. The number of nitrogens with zero attached hydrogens (tertiary/aromatic N) is 2. The number of carbonyl (C=O) groups is 1. The third-order valence-electron chi connectivity index (χ3n) is 3.34. The molecule has 0 aliphatic carbocycles. The minimum Gasteiger partial charge on any atom is -0.491 e. The Hall–Kier alpha value is -2.57. The van der Waals surface area contributed by atoms with Crippen LogP contribution in [0, 0.1) is 5.82 Å². The van der Waals surface area contributed by atoms with Crippen LogP contribution in [0.25, 0.3) is 5.69 Å². The van der Waals surface area contributed by atoms with Crippen LogP contribution in [0.15, 0.2) is 30.7 Å². The molecular formula is C18H24FN3O3. The van der Waals surface area contributed by atoms with E-state index in [1.54, 1.807) is 56.9 Å². The number of nitrogens with one attached hydrogen (secondary N) is 1. The van der Waals surface area contributed by atoms with E-state index in [1.165, 1.54) is 6.07 Å². The summed E-state index contributed by atoms with van der Waals surface area (Å²) in [7, 11) is 0. The normalized spacial score (nSPS) is 12.6. The number of benzene rings is 1. The van der Waals surface area contributed by atoms with Crippen LogP contribution >= 0.6 is 0 Å². The van der Waals surface area contributed by atoms with Crippen LogP contribution in [-0.4, -0.2) is 27.9 Å². The van der Waals surface area contributed by atoms with Gasteiger partial charge < -0.3 is 19.4 Å². The summed E-state index contributed by atoms with van der Waals surface area (Å²) in [6.45, 7) is 9.38. The highest BCUT2D eigenvalue weighted by atomic mass is 19.1. The Balaban J connectivity index is 2.19. The van der Waals surface area contributed by atoms with Crippen molar-refractivity contribution in [2.75, 3.05) is 6.61 Å². The first kappa shape index (κ1) is 18.8. The fourth-order valence-corrected chi connectivity index (χ4v) is 2.31. The molecule has 25 heavy (non-hydrogen) atoms. The van der Waals surface area contributed by atoms with Gasteiger partial charge in [-0.15, -0.1) is 0 Å². The van der Waals surface area contributed by atoms with E-state index in [-0.39, 0.29) is 11.8 Å². The lowest BCUT2D eigenvalue weighted by Gasteiger charge is -2.22. The highest BCUT2D eigenvalue weighted by molar-refractivity contribution is 5.68. The lowest BCUT2D eigenvalue weighted by molar-refractivity contribution is 0.0506. The molecule has 6 nitrogen and oxygen atoms in total. The average molecular weight is 349 g/mol. The Bertz CT molecular complexity index is 737. The molecule has 0 aliphatic heterocycles. The van der Waals surface area contributed by atoms with E-state index in [9.17, 15) is 9.18 Å². The molecule has 0 radical (unpaired) electrons. The van der Waals surface area contributed by atoms with Gasteiger partial charge in [0.05, 0.1) is 36.6 Å². The summed E-state index contributed by atoms with van der Waals surface area (Å²) in [4.78, 5) is 16.1. The van der Waals surface area contributed by atoms with Gasteiger partial charge in [0.15, 0.2) is 11.6 Å². The Kier molecular flexibility index (Phi) is 5.66. The van der Waals surface area contributed by atoms with Gasteiger partial charge in [0.1, 0.15) is 5.60 Å². The van der Waals surface area contributed by atoms with Crippen LogP contribution in [-0.2, 0) is 4.74 Å². The van der Waals surface area contributed by atoms with E-state index >= 15 is 0 Å². The summed E-state index contributed by atoms with van der Waals surface area (Å²) in [5.74, 6) is -0.250. The predicted octanol–water partition coefficient (Wildman–Crippen LogP) is 4.00. The molecule has 1 atom stereocenters. The molecule has 1 aromatic carbocycles. The second-order valence-electron chi connectivity index (χ2n) is 6.60. The van der Waals surface area contributed by atoms with Crippen LogP contribution in [0.3, 0.4) is 0 Å². The number of imidazole rings is 1. The molecule has 0 bridgehead atoms. The third-order valence-corrected chi connectivity index (χ3v) is 3.34. The van der Waals surface area contributed by atoms with Gasteiger partial charge in [-0.05, 0) is 46.8 Å². The van der Waals surface area contributed by atoms with Crippen molar-refractivity contribution in [1.82, 2.24) is 14.9 Å². The molecule has 0 unspecified atom stereocenters. The first-order valence-electron chi connectivity index (χ1n) is 8.15. The zero-order valence-electron chi connectivity index (χ0n) is 15.2. The van der Waals surface area contributed by atoms with Crippen LogP contribution < -0.4 is 10.1 Å². The molecular weight excluding hydrogens is 325 g/mol. The molecule has 0 aliphatic rings. The van der Waals surface area contributed by atoms with Gasteiger partial charge in [0, 0.05) is 6.07 Å². The highest BCUT2D eigenvalue weighted by Gasteiger charge is 2.20. The minimum atomic E-state index is -0.581. The van der Waals surface area contributed by atoms with Crippen molar-refractivity contribution in [3.05, 3.63) is 42.2 Å². The van der Waals surface area contributed by atoms with Crippen molar-refractivity contribution in [2.24, 2.45) is 0 Å². The van der Waals surface area contributed by atoms with Crippen molar-refractivity contribution in [3.63, 3.8) is 0 Å². The second-order valence-corrected chi connectivity index (χ2v) is 6.60. The third kappa shape index (κ3) is 4.95. The van der Waals surface area contributed by atoms with E-state index in [0.29, 0.717) is 18.0 Å². The van der Waals surface area contributed by atoms with Gasteiger partial charge in [-0.25, -0.2) is 14.2 Å². The molecule has 1 N–H and O–H groups in total. The van der Waals surface area contributed by atoms with Crippen LogP contribution in [0.4, 0.5) is 9.18 Å². The van der Waals surface area contributed by atoms with Crippen molar-refractivity contribution in [1.29, 1.82) is 0 Å². The standard InChI is InChI=1S/C18H24FN3O3/c1-6-24-16-8-7-13(9-14(16)19)22-11-20-10-15(22)12(2)21-17(23)25-18(3,4)5/h7-12H,6H2,1-5H3,(H,21,23)/t12-/m0/s1. The van der Waals surface area contributed by atoms with E-state index in [4.69, 9.17) is 9.47 Å². The summed E-state index contributed by atoms with van der Waals surface area (Å²) in [5.41, 5.74) is 0.711. The Labute approximate surface area is 147 Å². The van der Waals surface area contributed by atoms with Gasteiger partial charge in [-0.3, -0.25) is 0 Å². The summed E-state index contributed by atoms with van der Waals surface area (Å²) in [6, 6.07) is 4.31. The quantitative estimate of drug-likeness (QED) is 0.886. The Morgan fingerprint density at radius 1 is 1.40 bits per heavy atom. The predicted molar refractivity (Wildman–Crippen MR) is 92.5 cm³/mol. The summed E-state index contributed by atoms with van der Waals surface area (Å²) in [5, 5.41) is 2.75. The van der Waals surface area contributed by atoms with E-state index < -0.39 is 17.5 Å². The number of hydrogen-bond acceptors (Lipinski definition) is 4. The monoisotopic (exact) mass is 349 g/mol. The van der Waals surface area contributed by atoms with Crippen LogP contribution in [0.5, 0.6) is 5.75 Å². The summed E-state index contributed by atoms with van der Waals surface area (Å²) < 4.78 is 26.3. The maximum Gasteiger partial charge on any atom is 0.408 e. The average Bonchev–Trinajstić information content (AvgIpc) is 2.97. The Morgan fingerprint density at radius 2 is 2.12 bits per heavy atom. The van der Waals surface area contributed by atoms with Crippen molar-refractivity contribution >= 4 is 6.09 Å². The second kappa shape index (κ2) is 7.55. The van der Waals surface area contributed by atoms with Crippen LogP contribution in [0.1, 0.15) is 46.4 Å². The van der Waals surface area contributed by atoms with E-state index in [0.717, 1.165) is 0 Å². The van der Waals surface area contributed by atoms with E-state index in [2.05, 4.69) is 10.3 Å². The van der Waals surface area contributed by atoms with Crippen molar-refractivity contribution in [2.45, 2.75) is 46.3 Å². The maximum atomic E-state index is 14.1. The fourth-order valence-electron chi connectivity index (χ4n) is 2.31. The molecule has 0 saturated carbocycles. The summed E-state index contributed by atoms with van der Waals surface area (Å²) >= 11 is 0. The SMILES string of the molecule is CCOc1ccc(-n2cncc2[C@H](C)NC(=O)OC(C)(C)C)cc1F. The molecule has 2 rings (SSSR count). The number of rotatable bonds is 5. The van der Waals surface area contributed by atoms with E-state index in [1.807, 2.05) is 6.92 Å². The number of hydrogen-bond donors (Lipinski definition) is 1. The zero-order valence-corrected chi connectivity index (χ0v) is 15.2. The molecule has 1 amide bonds. The molecule has 1 heterocycles. The summed E-state index contributed by atoms with van der Waals surface area (Å²) in [6.07, 6.45) is 2.67. The molecule has 7 heteroatoms. The molecule has 0 spiro atoms. The van der Waals surface area contributed by atoms with Gasteiger partial charge in [0.25, 0.3) is 0 Å². The highest BCUT2D eigenvalue weighted by Crippen LogP contribution is 2.23. The van der Waals surface area contributed by atoms with Gasteiger partial charge in [0.2, 0.25) is 0 Å². The lowest BCUT2D eigenvalue weighted by atomic mass is 10.2. The first-order valence-corrected chi connectivity index (χ1v) is 8.15. The molecule has 2 aromatic rings. The number of aromatic nitrogens is 2. The molecule has 0 saturated heterocycles. The first-order chi connectivity index (χ1) is 11.7. The molecule has 136 valence electrons. The number of carbonyl (C=O) groups excluding carboxylic acids is 1. The maximum absolute atomic E-state index is 14.1. The van der Waals surface area contributed by atoms with Gasteiger partial charge in [-0.2, -0.15) is 0 Å². The zero-order chi connectivity index (χ0) is 18.6. The largest absolute Gasteiger partial charge is 0.491 e. The number of alkyl carbamates (subject to hydrolysis) is 1. The topological polar surface area (TPSA) is 65.4 Å². The number of ether oxygens (including phenoxy) is 2. The molecule has 1 aromatic heterocycles. The number of halogens is 1. The van der Waals surface area contributed by atoms with Gasteiger partial charge >= 0.3 is 6.09 Å². The van der Waals surface area contributed by atoms with Gasteiger partial charge in [-0.1, -0.05) is 0 Å². The lowest BCUT2D eigenvalue weighted by Crippen LogP contribution is -2.34. The number of amides is 1. The minimum absolute atomic E-state index is 0.202. The fraction of sp³-hybridized carbons (Fsp3) is 0.444. The van der Waals surface area contributed by atoms with Crippen LogP contribution in [0.2, 0.25) is 0 Å². The smallest absolute Gasteiger partial charge is 0.408 e.